The molecular formula is C13H20F2N2O. The van der Waals surface area contributed by atoms with Gasteiger partial charge in [-0.3, -0.25) is 4.79 Å². The first-order chi connectivity index (χ1) is 8.33. The molecule has 0 aromatic rings. The van der Waals surface area contributed by atoms with E-state index in [-0.39, 0.29) is 17.7 Å². The van der Waals surface area contributed by atoms with Crippen molar-refractivity contribution in [3.63, 3.8) is 0 Å². The maximum atomic E-state index is 12.8. The van der Waals surface area contributed by atoms with Gasteiger partial charge in [0.1, 0.15) is 5.92 Å². The Morgan fingerprint density at radius 3 is 2.33 bits per heavy atom. The van der Waals surface area contributed by atoms with Crippen LogP contribution in [0, 0.1) is 11.3 Å². The summed E-state index contributed by atoms with van der Waals surface area (Å²) in [6.45, 7) is 7.79. The summed E-state index contributed by atoms with van der Waals surface area (Å²) in [7, 11) is 0. The lowest BCUT2D eigenvalue weighted by Gasteiger charge is -2.48. The minimum atomic E-state index is -2.72. The summed E-state index contributed by atoms with van der Waals surface area (Å²) >= 11 is 0. The Bertz CT molecular complexity index is 377. The van der Waals surface area contributed by atoms with Crippen molar-refractivity contribution in [3.8, 4) is 0 Å². The Hall–Kier alpha value is -0.710. The monoisotopic (exact) mass is 258 g/mol. The van der Waals surface area contributed by atoms with Gasteiger partial charge in [0.2, 0.25) is 5.91 Å². The van der Waals surface area contributed by atoms with Crippen molar-refractivity contribution >= 4 is 5.91 Å². The third kappa shape index (κ3) is 1.83. The first-order valence-electron chi connectivity index (χ1n) is 6.74. The fourth-order valence-electron chi connectivity index (χ4n) is 3.29. The quantitative estimate of drug-likeness (QED) is 0.751. The summed E-state index contributed by atoms with van der Waals surface area (Å²) < 4.78 is 25.7. The fraction of sp³-hybridized carbons (Fsp3) is 0.923. The van der Waals surface area contributed by atoms with E-state index >= 15 is 0 Å². The second-order valence-electron chi connectivity index (χ2n) is 6.53. The molecule has 0 aromatic heterocycles. The van der Waals surface area contributed by atoms with Crippen LogP contribution in [0.1, 0.15) is 26.7 Å². The lowest BCUT2D eigenvalue weighted by atomic mass is 9.79. The average Bonchev–Trinajstić information content (AvgIpc) is 2.73. The molecule has 3 rings (SSSR count). The maximum Gasteiger partial charge on any atom is 0.260 e. The molecule has 1 saturated carbocycles. The van der Waals surface area contributed by atoms with E-state index < -0.39 is 11.8 Å². The summed E-state index contributed by atoms with van der Waals surface area (Å²) in [5.74, 6) is -4.06. The molecule has 102 valence electrons. The van der Waals surface area contributed by atoms with Gasteiger partial charge in [-0.1, -0.05) is 0 Å². The molecule has 3 aliphatic rings. The molecule has 18 heavy (non-hydrogen) atoms. The van der Waals surface area contributed by atoms with Gasteiger partial charge >= 0.3 is 0 Å². The van der Waals surface area contributed by atoms with Crippen LogP contribution in [0.5, 0.6) is 0 Å². The van der Waals surface area contributed by atoms with Crippen LogP contribution in [0.25, 0.3) is 0 Å². The molecular weight excluding hydrogens is 238 g/mol. The predicted molar refractivity (Wildman–Crippen MR) is 63.4 cm³/mol. The SMILES string of the molecule is CC(C)N1CCC2(CN(C(=O)C3CC3(F)F)C2)C1. The van der Waals surface area contributed by atoms with Crippen LogP contribution >= 0.6 is 0 Å². The van der Waals surface area contributed by atoms with E-state index in [1.165, 1.54) is 0 Å². The highest BCUT2D eigenvalue weighted by molar-refractivity contribution is 5.83. The van der Waals surface area contributed by atoms with Crippen molar-refractivity contribution in [3.05, 3.63) is 0 Å². The second-order valence-corrected chi connectivity index (χ2v) is 6.53. The van der Waals surface area contributed by atoms with Gasteiger partial charge in [0.15, 0.2) is 0 Å². The van der Waals surface area contributed by atoms with Gasteiger partial charge in [-0.25, -0.2) is 8.78 Å². The molecule has 3 nitrogen and oxygen atoms in total. The van der Waals surface area contributed by atoms with Gasteiger partial charge in [0.25, 0.3) is 5.92 Å². The first-order valence-corrected chi connectivity index (χ1v) is 6.74. The topological polar surface area (TPSA) is 23.6 Å². The highest BCUT2D eigenvalue weighted by Crippen LogP contribution is 2.51. The van der Waals surface area contributed by atoms with Gasteiger partial charge in [-0.05, 0) is 26.8 Å². The molecule has 1 unspecified atom stereocenters. The lowest BCUT2D eigenvalue weighted by Crippen LogP contribution is -2.60. The zero-order valence-electron chi connectivity index (χ0n) is 11.0. The van der Waals surface area contributed by atoms with Crippen LogP contribution in [-0.4, -0.2) is 53.9 Å². The smallest absolute Gasteiger partial charge is 0.260 e. The Kier molecular flexibility index (Phi) is 2.50. The van der Waals surface area contributed by atoms with Crippen LogP contribution in [0.2, 0.25) is 0 Å². The van der Waals surface area contributed by atoms with Gasteiger partial charge in [0.05, 0.1) is 0 Å². The number of likely N-dealkylation sites (tertiary alicyclic amines) is 2. The Morgan fingerprint density at radius 2 is 1.89 bits per heavy atom. The van der Waals surface area contributed by atoms with E-state index in [0.717, 1.165) is 19.5 Å². The summed E-state index contributed by atoms with van der Waals surface area (Å²) in [6, 6.07) is 0.530. The molecule has 0 N–H and O–H groups in total. The minimum absolute atomic E-state index is 0.199. The molecule has 1 spiro atoms. The number of halogens is 2. The van der Waals surface area contributed by atoms with Crippen LogP contribution in [-0.2, 0) is 4.79 Å². The van der Waals surface area contributed by atoms with Crippen molar-refractivity contribution < 1.29 is 13.6 Å². The average molecular weight is 258 g/mol. The third-order valence-electron chi connectivity index (χ3n) is 4.69. The van der Waals surface area contributed by atoms with Crippen molar-refractivity contribution in [1.82, 2.24) is 9.80 Å². The zero-order valence-corrected chi connectivity index (χ0v) is 11.0. The lowest BCUT2D eigenvalue weighted by molar-refractivity contribution is -0.146. The normalized spacial score (nSPS) is 32.9. The van der Waals surface area contributed by atoms with E-state index in [1.807, 2.05) is 0 Å². The Morgan fingerprint density at radius 1 is 1.28 bits per heavy atom. The highest BCUT2D eigenvalue weighted by Gasteiger charge is 2.64. The van der Waals surface area contributed by atoms with E-state index in [4.69, 9.17) is 0 Å². The highest BCUT2D eigenvalue weighted by atomic mass is 19.3. The number of hydrogen-bond acceptors (Lipinski definition) is 2. The summed E-state index contributed by atoms with van der Waals surface area (Å²) in [6.07, 6.45) is 0.851. The van der Waals surface area contributed by atoms with E-state index in [9.17, 15) is 13.6 Å². The number of hydrogen-bond donors (Lipinski definition) is 0. The zero-order chi connectivity index (χ0) is 13.1. The molecule has 1 amide bonds. The number of nitrogens with zero attached hydrogens (tertiary/aromatic N) is 2. The number of alkyl halides is 2. The number of amides is 1. The minimum Gasteiger partial charge on any atom is -0.341 e. The van der Waals surface area contributed by atoms with Crippen molar-refractivity contribution in [2.75, 3.05) is 26.2 Å². The maximum absolute atomic E-state index is 12.8. The predicted octanol–water partition coefficient (Wildman–Crippen LogP) is 1.58. The number of rotatable bonds is 2. The van der Waals surface area contributed by atoms with E-state index in [1.54, 1.807) is 4.90 Å². The Balaban J connectivity index is 1.53. The summed E-state index contributed by atoms with van der Waals surface area (Å²) in [5.41, 5.74) is 0.199. The van der Waals surface area contributed by atoms with Crippen LogP contribution in [0.15, 0.2) is 0 Å². The second kappa shape index (κ2) is 3.65. The van der Waals surface area contributed by atoms with Gasteiger partial charge in [0, 0.05) is 37.5 Å². The molecule has 0 aromatic carbocycles. The Labute approximate surface area is 106 Å². The van der Waals surface area contributed by atoms with Gasteiger partial charge in [-0.2, -0.15) is 0 Å². The molecule has 2 aliphatic heterocycles. The molecule has 1 aliphatic carbocycles. The van der Waals surface area contributed by atoms with E-state index in [0.29, 0.717) is 19.1 Å². The van der Waals surface area contributed by atoms with Gasteiger partial charge < -0.3 is 9.80 Å². The van der Waals surface area contributed by atoms with Gasteiger partial charge in [-0.15, -0.1) is 0 Å². The number of carbonyl (C=O) groups is 1. The molecule has 2 heterocycles. The third-order valence-corrected chi connectivity index (χ3v) is 4.69. The summed E-state index contributed by atoms with van der Waals surface area (Å²) in [4.78, 5) is 15.8. The number of carbonyl (C=O) groups excluding carboxylic acids is 1. The molecule has 3 fully saturated rings. The fourth-order valence-corrected chi connectivity index (χ4v) is 3.29. The molecule has 2 saturated heterocycles. The molecule has 1 atom stereocenters. The molecule has 0 radical (unpaired) electrons. The largest absolute Gasteiger partial charge is 0.341 e. The molecule has 0 bridgehead atoms. The van der Waals surface area contributed by atoms with E-state index in [2.05, 4.69) is 18.7 Å². The van der Waals surface area contributed by atoms with Crippen molar-refractivity contribution in [2.24, 2.45) is 11.3 Å². The van der Waals surface area contributed by atoms with Crippen LogP contribution < -0.4 is 0 Å². The van der Waals surface area contributed by atoms with Crippen molar-refractivity contribution in [2.45, 2.75) is 38.7 Å². The van der Waals surface area contributed by atoms with Crippen molar-refractivity contribution in [1.29, 1.82) is 0 Å². The standard InChI is InChI=1S/C13H20F2N2O/c1-9(2)16-4-3-12(6-16)7-17(8-12)11(18)10-5-13(10,14)15/h9-10H,3-8H2,1-2H3. The van der Waals surface area contributed by atoms with Crippen LogP contribution in [0.4, 0.5) is 8.78 Å². The first kappa shape index (κ1) is 12.3. The van der Waals surface area contributed by atoms with Crippen LogP contribution in [0.3, 0.4) is 0 Å². The summed E-state index contributed by atoms with van der Waals surface area (Å²) in [5, 5.41) is 0. The molecule has 5 heteroatoms.